The van der Waals surface area contributed by atoms with Gasteiger partial charge in [0.2, 0.25) is 11.8 Å². The van der Waals surface area contributed by atoms with Crippen molar-refractivity contribution < 1.29 is 14.4 Å². The van der Waals surface area contributed by atoms with E-state index in [0.717, 1.165) is 18.4 Å². The van der Waals surface area contributed by atoms with Crippen LogP contribution < -0.4 is 10.6 Å². The van der Waals surface area contributed by atoms with Crippen molar-refractivity contribution in [3.05, 3.63) is 58.6 Å². The molecule has 164 valence electrons. The summed E-state index contributed by atoms with van der Waals surface area (Å²) in [6.07, 6.45) is 1.49. The molecule has 6 nitrogen and oxygen atoms in total. The van der Waals surface area contributed by atoms with Crippen LogP contribution in [0.2, 0.25) is 5.02 Å². The average Bonchev–Trinajstić information content (AvgIpc) is 2.76. The molecule has 1 fully saturated rings. The molecule has 3 rings (SSSR count). The first-order valence-corrected chi connectivity index (χ1v) is 10.9. The van der Waals surface area contributed by atoms with Crippen LogP contribution >= 0.6 is 11.6 Å². The molecule has 0 bridgehead atoms. The molecule has 2 N–H and O–H groups in total. The Labute approximate surface area is 188 Å². The quantitative estimate of drug-likeness (QED) is 0.703. The molecule has 0 aromatic heterocycles. The third-order valence-corrected chi connectivity index (χ3v) is 5.71. The lowest BCUT2D eigenvalue weighted by Gasteiger charge is -2.32. The molecule has 1 heterocycles. The molecule has 1 unspecified atom stereocenters. The Bertz CT molecular complexity index is 973. The summed E-state index contributed by atoms with van der Waals surface area (Å²) >= 11 is 5.91. The third-order valence-electron chi connectivity index (χ3n) is 5.46. The second kappa shape index (κ2) is 9.96. The predicted octanol–water partition coefficient (Wildman–Crippen LogP) is 4.73. The van der Waals surface area contributed by atoms with Crippen LogP contribution in [0.15, 0.2) is 42.5 Å². The molecule has 1 atom stereocenters. The van der Waals surface area contributed by atoms with E-state index in [-0.39, 0.29) is 29.6 Å². The fourth-order valence-electron chi connectivity index (χ4n) is 3.51. The van der Waals surface area contributed by atoms with Crippen LogP contribution in [-0.2, 0) is 9.59 Å². The maximum atomic E-state index is 13.0. The maximum Gasteiger partial charge on any atom is 0.253 e. The number of nitrogens with zero attached hydrogens (tertiary/aromatic N) is 1. The molecule has 7 heteroatoms. The molecular weight excluding hydrogens is 414 g/mol. The van der Waals surface area contributed by atoms with Crippen molar-refractivity contribution in [3.63, 3.8) is 0 Å². The van der Waals surface area contributed by atoms with Crippen molar-refractivity contribution in [2.24, 2.45) is 11.8 Å². The van der Waals surface area contributed by atoms with Gasteiger partial charge in [0.25, 0.3) is 5.91 Å². The van der Waals surface area contributed by atoms with E-state index in [1.54, 1.807) is 35.2 Å². The fourth-order valence-corrected chi connectivity index (χ4v) is 3.63. The highest BCUT2D eigenvalue weighted by atomic mass is 35.5. The zero-order valence-corrected chi connectivity index (χ0v) is 18.8. The molecule has 0 aliphatic carbocycles. The van der Waals surface area contributed by atoms with Gasteiger partial charge in [0, 0.05) is 41.0 Å². The van der Waals surface area contributed by atoms with Gasteiger partial charge in [-0.3, -0.25) is 14.4 Å². The second-order valence-corrected chi connectivity index (χ2v) is 8.70. The Balaban J connectivity index is 1.66. The number of benzene rings is 2. The number of nitrogens with one attached hydrogen (secondary N) is 2. The zero-order chi connectivity index (χ0) is 22.5. The van der Waals surface area contributed by atoms with Crippen molar-refractivity contribution in [3.8, 4) is 0 Å². The molecule has 1 aliphatic rings. The van der Waals surface area contributed by atoms with E-state index in [1.165, 1.54) is 0 Å². The smallest absolute Gasteiger partial charge is 0.253 e. The van der Waals surface area contributed by atoms with Crippen LogP contribution in [0.1, 0.15) is 42.6 Å². The molecule has 0 radical (unpaired) electrons. The van der Waals surface area contributed by atoms with Gasteiger partial charge in [-0.25, -0.2) is 0 Å². The number of hydrogen-bond acceptors (Lipinski definition) is 3. The molecule has 1 saturated heterocycles. The van der Waals surface area contributed by atoms with Gasteiger partial charge in [-0.2, -0.15) is 0 Å². The molecule has 31 heavy (non-hydrogen) atoms. The van der Waals surface area contributed by atoms with Crippen LogP contribution in [0.3, 0.4) is 0 Å². The predicted molar refractivity (Wildman–Crippen MR) is 123 cm³/mol. The summed E-state index contributed by atoms with van der Waals surface area (Å²) in [6, 6.07) is 12.2. The van der Waals surface area contributed by atoms with Crippen LogP contribution in [0.4, 0.5) is 11.4 Å². The summed E-state index contributed by atoms with van der Waals surface area (Å²) in [7, 11) is 0. The number of carbonyl (C=O) groups is 3. The van der Waals surface area contributed by atoms with Crippen LogP contribution in [0, 0.1) is 18.8 Å². The van der Waals surface area contributed by atoms with Gasteiger partial charge in [-0.1, -0.05) is 31.5 Å². The molecule has 1 aliphatic heterocycles. The van der Waals surface area contributed by atoms with Crippen molar-refractivity contribution in [1.82, 2.24) is 4.90 Å². The first kappa shape index (κ1) is 22.8. The van der Waals surface area contributed by atoms with Crippen LogP contribution in [0.5, 0.6) is 0 Å². The summed E-state index contributed by atoms with van der Waals surface area (Å²) in [6.45, 7) is 6.55. The Morgan fingerprint density at radius 3 is 2.45 bits per heavy atom. The normalized spacial score (nSPS) is 16.2. The number of carbonyl (C=O) groups excluding carboxylic acids is 3. The first-order chi connectivity index (χ1) is 14.7. The number of amides is 3. The highest BCUT2D eigenvalue weighted by Crippen LogP contribution is 2.24. The van der Waals surface area contributed by atoms with Gasteiger partial charge in [0.05, 0.1) is 5.92 Å². The number of likely N-dealkylation sites (tertiary alicyclic amines) is 1. The topological polar surface area (TPSA) is 78.5 Å². The maximum absolute atomic E-state index is 13.0. The van der Waals surface area contributed by atoms with E-state index in [1.807, 2.05) is 32.9 Å². The van der Waals surface area contributed by atoms with Crippen LogP contribution in [0.25, 0.3) is 0 Å². The summed E-state index contributed by atoms with van der Waals surface area (Å²) in [4.78, 5) is 39.5. The Hall–Kier alpha value is -2.86. The highest BCUT2D eigenvalue weighted by Gasteiger charge is 2.29. The van der Waals surface area contributed by atoms with Crippen molar-refractivity contribution in [1.29, 1.82) is 0 Å². The van der Waals surface area contributed by atoms with E-state index in [2.05, 4.69) is 10.6 Å². The van der Waals surface area contributed by atoms with Gasteiger partial charge in [0.15, 0.2) is 0 Å². The summed E-state index contributed by atoms with van der Waals surface area (Å²) < 4.78 is 0. The van der Waals surface area contributed by atoms with Crippen molar-refractivity contribution in [2.45, 2.75) is 33.6 Å². The molecule has 3 amide bonds. The minimum atomic E-state index is -0.293. The second-order valence-electron chi connectivity index (χ2n) is 8.26. The van der Waals surface area contributed by atoms with E-state index in [9.17, 15) is 14.4 Å². The van der Waals surface area contributed by atoms with Crippen LogP contribution in [-0.4, -0.2) is 35.7 Å². The van der Waals surface area contributed by atoms with E-state index in [4.69, 9.17) is 11.6 Å². The van der Waals surface area contributed by atoms with Gasteiger partial charge in [-0.15, -0.1) is 0 Å². The average molecular weight is 442 g/mol. The Morgan fingerprint density at radius 1 is 1.06 bits per heavy atom. The number of halogens is 1. The Kier molecular flexibility index (Phi) is 7.33. The minimum absolute atomic E-state index is 0.0789. The Morgan fingerprint density at radius 2 is 1.77 bits per heavy atom. The molecule has 2 aromatic carbocycles. The van der Waals surface area contributed by atoms with E-state index in [0.29, 0.717) is 35.1 Å². The minimum Gasteiger partial charge on any atom is -0.338 e. The van der Waals surface area contributed by atoms with E-state index < -0.39 is 0 Å². The third kappa shape index (κ3) is 5.85. The van der Waals surface area contributed by atoms with Crippen molar-refractivity contribution in [2.75, 3.05) is 23.7 Å². The van der Waals surface area contributed by atoms with Crippen molar-refractivity contribution >= 4 is 40.7 Å². The van der Waals surface area contributed by atoms with Gasteiger partial charge in [0.1, 0.15) is 0 Å². The lowest BCUT2D eigenvalue weighted by molar-refractivity contribution is -0.121. The first-order valence-electron chi connectivity index (χ1n) is 10.5. The van der Waals surface area contributed by atoms with Gasteiger partial charge >= 0.3 is 0 Å². The van der Waals surface area contributed by atoms with E-state index >= 15 is 0 Å². The molecule has 0 spiro atoms. The fraction of sp³-hybridized carbons (Fsp3) is 0.375. The van der Waals surface area contributed by atoms with Gasteiger partial charge in [-0.05, 0) is 61.7 Å². The zero-order valence-electron chi connectivity index (χ0n) is 18.1. The largest absolute Gasteiger partial charge is 0.338 e. The number of rotatable bonds is 5. The standard InChI is InChI=1S/C24H28ClN3O3/c1-15(2)22(29)26-20-11-6-16(3)21(13-20)27-23(30)18-5-4-12-28(14-18)24(31)17-7-9-19(25)10-8-17/h6-11,13,15,18H,4-5,12,14H2,1-3H3,(H,26,29)(H,27,30). The molecule has 2 aromatic rings. The van der Waals surface area contributed by atoms with Gasteiger partial charge < -0.3 is 15.5 Å². The number of piperidine rings is 1. The SMILES string of the molecule is Cc1ccc(NC(=O)C(C)C)cc1NC(=O)C1CCCN(C(=O)c2ccc(Cl)cc2)C1. The number of hydrogen-bond donors (Lipinski definition) is 2. The highest BCUT2D eigenvalue weighted by molar-refractivity contribution is 6.30. The monoisotopic (exact) mass is 441 g/mol. The summed E-state index contributed by atoms with van der Waals surface area (Å²) in [5.74, 6) is -0.721. The number of aryl methyl sites for hydroxylation is 1. The lowest BCUT2D eigenvalue weighted by Crippen LogP contribution is -2.43. The molecule has 0 saturated carbocycles. The summed E-state index contributed by atoms with van der Waals surface area (Å²) in [5.41, 5.74) is 2.77. The summed E-state index contributed by atoms with van der Waals surface area (Å²) in [5, 5.41) is 6.42. The molecular formula is C24H28ClN3O3. The lowest BCUT2D eigenvalue weighted by atomic mass is 9.96. The number of anilines is 2.